The molecule has 0 spiro atoms. The minimum Gasteiger partial charge on any atom is -0.480 e. The number of aliphatic hydroxyl groups is 2. The Morgan fingerprint density at radius 1 is 1.23 bits per heavy atom. The molecule has 0 heterocycles. The molecule has 1 aliphatic rings. The van der Waals surface area contributed by atoms with Gasteiger partial charge in [-0.15, -0.1) is 0 Å². The van der Waals surface area contributed by atoms with E-state index in [1.165, 1.54) is 6.42 Å². The van der Waals surface area contributed by atoms with Gasteiger partial charge in [0.05, 0.1) is 18.0 Å². The standard InChI is InChI=1S/C13H26N2O6S/c14-10(6-9-4-2-1-3-5-9)13(19)11(16)8-22(20,21)15-7-12(17)18/h9-11,13,15-16,19H,1-8,14H2,(H,17,18)/t10-,11+,13+/m0/s1. The Morgan fingerprint density at radius 2 is 1.82 bits per heavy atom. The Hall–Kier alpha value is -0.740. The zero-order valence-electron chi connectivity index (χ0n) is 12.5. The van der Waals surface area contributed by atoms with E-state index in [9.17, 15) is 23.4 Å². The van der Waals surface area contributed by atoms with Crippen LogP contribution < -0.4 is 10.5 Å². The highest BCUT2D eigenvalue weighted by Gasteiger charge is 2.30. The predicted octanol–water partition coefficient (Wildman–Crippen LogP) is -0.990. The first-order valence-electron chi connectivity index (χ1n) is 7.52. The highest BCUT2D eigenvalue weighted by Crippen LogP contribution is 2.27. The van der Waals surface area contributed by atoms with Crippen molar-refractivity contribution in [3.63, 3.8) is 0 Å². The van der Waals surface area contributed by atoms with Crippen molar-refractivity contribution in [2.75, 3.05) is 12.3 Å². The average molecular weight is 338 g/mol. The van der Waals surface area contributed by atoms with Gasteiger partial charge in [0.1, 0.15) is 6.54 Å². The fourth-order valence-electron chi connectivity index (χ4n) is 2.79. The highest BCUT2D eigenvalue weighted by molar-refractivity contribution is 7.89. The van der Waals surface area contributed by atoms with Crippen LogP contribution in [0.3, 0.4) is 0 Å². The number of nitrogens with one attached hydrogen (secondary N) is 1. The molecule has 8 nitrogen and oxygen atoms in total. The number of hydrogen-bond donors (Lipinski definition) is 5. The topological polar surface area (TPSA) is 150 Å². The molecule has 0 aromatic heterocycles. The smallest absolute Gasteiger partial charge is 0.318 e. The molecule has 22 heavy (non-hydrogen) atoms. The summed E-state index contributed by atoms with van der Waals surface area (Å²) in [7, 11) is -3.98. The molecule has 130 valence electrons. The van der Waals surface area contributed by atoms with E-state index in [0.717, 1.165) is 25.7 Å². The molecule has 0 saturated heterocycles. The first-order chi connectivity index (χ1) is 10.2. The number of hydrogen-bond acceptors (Lipinski definition) is 6. The van der Waals surface area contributed by atoms with Crippen LogP contribution in [0.5, 0.6) is 0 Å². The van der Waals surface area contributed by atoms with Crippen LogP contribution in [0.1, 0.15) is 38.5 Å². The van der Waals surface area contributed by atoms with Gasteiger partial charge in [-0.2, -0.15) is 0 Å². The minimum absolute atomic E-state index is 0.396. The van der Waals surface area contributed by atoms with Gasteiger partial charge in [-0.25, -0.2) is 13.1 Å². The number of sulfonamides is 1. The van der Waals surface area contributed by atoms with Crippen molar-refractivity contribution >= 4 is 16.0 Å². The largest absolute Gasteiger partial charge is 0.480 e. The fraction of sp³-hybridized carbons (Fsp3) is 0.923. The van der Waals surface area contributed by atoms with Crippen LogP contribution in [0.4, 0.5) is 0 Å². The first-order valence-corrected chi connectivity index (χ1v) is 9.17. The van der Waals surface area contributed by atoms with Crippen molar-refractivity contribution in [2.45, 2.75) is 56.8 Å². The lowest BCUT2D eigenvalue weighted by Crippen LogP contribution is -2.48. The maximum absolute atomic E-state index is 11.6. The van der Waals surface area contributed by atoms with Crippen molar-refractivity contribution in [3.8, 4) is 0 Å². The molecule has 1 fully saturated rings. The number of carboxylic acids is 1. The van der Waals surface area contributed by atoms with E-state index in [4.69, 9.17) is 10.8 Å². The Morgan fingerprint density at radius 3 is 2.36 bits per heavy atom. The molecule has 1 saturated carbocycles. The van der Waals surface area contributed by atoms with Crippen LogP contribution in [0.2, 0.25) is 0 Å². The molecule has 1 rings (SSSR count). The maximum Gasteiger partial charge on any atom is 0.318 e. The summed E-state index contributed by atoms with van der Waals surface area (Å²) in [5.74, 6) is -1.71. The van der Waals surface area contributed by atoms with E-state index in [1.807, 2.05) is 4.72 Å². The van der Waals surface area contributed by atoms with Gasteiger partial charge < -0.3 is 21.1 Å². The summed E-state index contributed by atoms with van der Waals surface area (Å²) < 4.78 is 25.0. The number of nitrogens with two attached hydrogens (primary N) is 1. The Labute approximate surface area is 130 Å². The molecule has 0 unspecified atom stereocenters. The Kier molecular flexibility index (Phi) is 7.70. The maximum atomic E-state index is 11.6. The van der Waals surface area contributed by atoms with Crippen LogP contribution >= 0.6 is 0 Å². The molecule has 0 aromatic carbocycles. The lowest BCUT2D eigenvalue weighted by Gasteiger charge is -2.29. The van der Waals surface area contributed by atoms with Gasteiger partial charge in [-0.3, -0.25) is 4.79 Å². The third-order valence-electron chi connectivity index (χ3n) is 4.00. The quantitative estimate of drug-likeness (QED) is 0.362. The third-order valence-corrected chi connectivity index (χ3v) is 5.36. The van der Waals surface area contributed by atoms with E-state index >= 15 is 0 Å². The van der Waals surface area contributed by atoms with Crippen LogP contribution in [-0.4, -0.2) is 60.3 Å². The minimum atomic E-state index is -3.98. The number of rotatable bonds is 9. The number of carboxylic acid groups (broad SMARTS) is 1. The molecule has 1 aliphatic carbocycles. The van der Waals surface area contributed by atoms with Gasteiger partial charge >= 0.3 is 5.97 Å². The Balaban J connectivity index is 2.45. The lowest BCUT2D eigenvalue weighted by molar-refractivity contribution is -0.135. The molecule has 6 N–H and O–H groups in total. The van der Waals surface area contributed by atoms with Gasteiger partial charge in [0.2, 0.25) is 10.0 Å². The Bertz CT molecular complexity index is 449. The van der Waals surface area contributed by atoms with E-state index in [-0.39, 0.29) is 0 Å². The zero-order chi connectivity index (χ0) is 16.8. The molecule has 9 heteroatoms. The van der Waals surface area contributed by atoms with E-state index in [1.54, 1.807) is 0 Å². The summed E-state index contributed by atoms with van der Waals surface area (Å²) in [5.41, 5.74) is 5.87. The third kappa shape index (κ3) is 7.01. The summed E-state index contributed by atoms with van der Waals surface area (Å²) in [6.45, 7) is -0.765. The molecule has 0 aliphatic heterocycles. The van der Waals surface area contributed by atoms with Crippen molar-refractivity contribution in [1.29, 1.82) is 0 Å². The van der Waals surface area contributed by atoms with Crippen molar-refractivity contribution in [1.82, 2.24) is 4.72 Å². The van der Waals surface area contributed by atoms with Crippen molar-refractivity contribution in [3.05, 3.63) is 0 Å². The van der Waals surface area contributed by atoms with Gasteiger partial charge in [0, 0.05) is 6.04 Å². The van der Waals surface area contributed by atoms with Gasteiger partial charge in [0.15, 0.2) is 0 Å². The number of aliphatic hydroxyl groups excluding tert-OH is 2. The summed E-state index contributed by atoms with van der Waals surface area (Å²) in [5, 5.41) is 28.2. The molecule has 0 radical (unpaired) electrons. The summed E-state index contributed by atoms with van der Waals surface area (Å²) in [6, 6.07) is -0.701. The average Bonchev–Trinajstić information content (AvgIpc) is 2.45. The van der Waals surface area contributed by atoms with Crippen LogP contribution in [0.15, 0.2) is 0 Å². The van der Waals surface area contributed by atoms with E-state index < -0.39 is 46.5 Å². The van der Waals surface area contributed by atoms with Crippen LogP contribution in [0, 0.1) is 5.92 Å². The van der Waals surface area contributed by atoms with E-state index in [2.05, 4.69) is 0 Å². The molecule has 3 atom stereocenters. The van der Waals surface area contributed by atoms with Crippen LogP contribution in [-0.2, 0) is 14.8 Å². The van der Waals surface area contributed by atoms with Gasteiger partial charge in [-0.05, 0) is 12.3 Å². The van der Waals surface area contributed by atoms with Crippen molar-refractivity contribution in [2.24, 2.45) is 11.7 Å². The normalized spacial score (nSPS) is 21.2. The molecule has 0 amide bonds. The van der Waals surface area contributed by atoms with Crippen LogP contribution in [0.25, 0.3) is 0 Å². The second kappa shape index (κ2) is 8.78. The predicted molar refractivity (Wildman–Crippen MR) is 80.6 cm³/mol. The SMILES string of the molecule is N[C@@H](CC1CCCCC1)[C@@H](O)[C@H](O)CS(=O)(=O)NCC(=O)O. The number of carbonyl (C=O) groups is 1. The second-order valence-corrected chi connectivity index (χ2v) is 7.81. The highest BCUT2D eigenvalue weighted by atomic mass is 32.2. The van der Waals surface area contributed by atoms with Gasteiger partial charge in [0.25, 0.3) is 0 Å². The summed E-state index contributed by atoms with van der Waals surface area (Å²) in [4.78, 5) is 10.3. The molecule has 0 aromatic rings. The van der Waals surface area contributed by atoms with E-state index in [0.29, 0.717) is 12.3 Å². The second-order valence-electron chi connectivity index (χ2n) is 5.96. The molecular formula is C13H26N2O6S. The molecule has 0 bridgehead atoms. The summed E-state index contributed by atoms with van der Waals surface area (Å²) >= 11 is 0. The zero-order valence-corrected chi connectivity index (χ0v) is 13.3. The lowest BCUT2D eigenvalue weighted by atomic mass is 9.83. The van der Waals surface area contributed by atoms with Crippen molar-refractivity contribution < 1.29 is 28.5 Å². The molecular weight excluding hydrogens is 312 g/mol. The fourth-order valence-corrected chi connectivity index (χ4v) is 3.89. The number of aliphatic carboxylic acids is 1. The first kappa shape index (κ1) is 19.3. The summed E-state index contributed by atoms with van der Waals surface area (Å²) in [6.07, 6.45) is 3.16. The van der Waals surface area contributed by atoms with Gasteiger partial charge in [-0.1, -0.05) is 32.1 Å². The monoisotopic (exact) mass is 338 g/mol.